The van der Waals surface area contributed by atoms with Crippen LogP contribution in [-0.4, -0.2) is 36.0 Å². The van der Waals surface area contributed by atoms with Gasteiger partial charge in [-0.15, -0.1) is 0 Å². The Balaban J connectivity index is 2.19. The topological polar surface area (TPSA) is 58.4 Å². The number of nitro groups is 1. The third-order valence-electron chi connectivity index (χ3n) is 3.31. The zero-order chi connectivity index (χ0) is 14.0. The SMILES string of the molecule is CN1CCC(Nc2cc(Cl)c(Cl)cc2[N+](=O)[O-])CC1. The van der Waals surface area contributed by atoms with Gasteiger partial charge in [0.2, 0.25) is 0 Å². The summed E-state index contributed by atoms with van der Waals surface area (Å²) < 4.78 is 0. The Morgan fingerprint density at radius 3 is 2.47 bits per heavy atom. The molecule has 0 bridgehead atoms. The molecule has 0 aliphatic carbocycles. The number of hydrogen-bond acceptors (Lipinski definition) is 4. The predicted octanol–water partition coefficient (Wildman–Crippen LogP) is 3.41. The van der Waals surface area contributed by atoms with Crippen molar-refractivity contribution in [3.63, 3.8) is 0 Å². The van der Waals surface area contributed by atoms with E-state index in [9.17, 15) is 10.1 Å². The molecule has 0 atom stereocenters. The van der Waals surface area contributed by atoms with E-state index in [0.717, 1.165) is 25.9 Å². The number of nitrogens with one attached hydrogen (secondary N) is 1. The molecule has 0 unspecified atom stereocenters. The quantitative estimate of drug-likeness (QED) is 0.687. The summed E-state index contributed by atoms with van der Waals surface area (Å²) in [5, 5.41) is 14.8. The fourth-order valence-corrected chi connectivity index (χ4v) is 2.50. The number of nitro benzene ring substituents is 1. The Kier molecular flexibility index (Phi) is 4.50. The lowest BCUT2D eigenvalue weighted by atomic mass is 10.0. The second-order valence-corrected chi connectivity index (χ2v) is 5.58. The van der Waals surface area contributed by atoms with Crippen LogP contribution < -0.4 is 5.32 Å². The predicted molar refractivity (Wildman–Crippen MR) is 77.3 cm³/mol. The fraction of sp³-hybridized carbons (Fsp3) is 0.500. The molecular weight excluding hydrogens is 289 g/mol. The second-order valence-electron chi connectivity index (χ2n) is 4.76. The van der Waals surface area contributed by atoms with Crippen LogP contribution in [0.15, 0.2) is 12.1 Å². The van der Waals surface area contributed by atoms with Crippen LogP contribution in [-0.2, 0) is 0 Å². The molecule has 2 rings (SSSR count). The monoisotopic (exact) mass is 303 g/mol. The van der Waals surface area contributed by atoms with Crippen molar-refractivity contribution in [3.05, 3.63) is 32.3 Å². The Bertz CT molecular complexity index is 488. The summed E-state index contributed by atoms with van der Waals surface area (Å²) in [7, 11) is 2.07. The molecule has 1 heterocycles. The van der Waals surface area contributed by atoms with Crippen LogP contribution in [0.3, 0.4) is 0 Å². The van der Waals surface area contributed by atoms with Gasteiger partial charge in [-0.1, -0.05) is 23.2 Å². The Hall–Kier alpha value is -1.04. The van der Waals surface area contributed by atoms with Crippen LogP contribution >= 0.6 is 23.2 Å². The van der Waals surface area contributed by atoms with Gasteiger partial charge >= 0.3 is 0 Å². The van der Waals surface area contributed by atoms with Gasteiger partial charge in [0.25, 0.3) is 5.69 Å². The summed E-state index contributed by atoms with van der Waals surface area (Å²) in [5.41, 5.74) is 0.405. The molecule has 1 saturated heterocycles. The highest BCUT2D eigenvalue weighted by atomic mass is 35.5. The smallest absolute Gasteiger partial charge is 0.293 e. The molecule has 1 aliphatic rings. The lowest BCUT2D eigenvalue weighted by Crippen LogP contribution is -2.36. The highest BCUT2D eigenvalue weighted by molar-refractivity contribution is 6.42. The second kappa shape index (κ2) is 5.94. The molecule has 0 saturated carbocycles. The minimum atomic E-state index is -0.445. The number of likely N-dealkylation sites (tertiary alicyclic amines) is 1. The average Bonchev–Trinajstić information content (AvgIpc) is 2.36. The van der Waals surface area contributed by atoms with Crippen molar-refractivity contribution in [2.24, 2.45) is 0 Å². The maximum atomic E-state index is 11.0. The zero-order valence-electron chi connectivity index (χ0n) is 10.5. The van der Waals surface area contributed by atoms with E-state index < -0.39 is 4.92 Å². The van der Waals surface area contributed by atoms with Gasteiger partial charge in [-0.05, 0) is 39.0 Å². The van der Waals surface area contributed by atoms with Crippen molar-refractivity contribution in [2.75, 3.05) is 25.5 Å². The molecule has 1 aliphatic heterocycles. The highest BCUT2D eigenvalue weighted by Crippen LogP contribution is 2.34. The highest BCUT2D eigenvalue weighted by Gasteiger charge is 2.22. The summed E-state index contributed by atoms with van der Waals surface area (Å²) in [5.74, 6) is 0. The third kappa shape index (κ3) is 3.49. The lowest BCUT2D eigenvalue weighted by molar-refractivity contribution is -0.384. The summed E-state index contributed by atoms with van der Waals surface area (Å²) >= 11 is 11.7. The molecule has 1 aromatic rings. The molecule has 0 radical (unpaired) electrons. The maximum absolute atomic E-state index is 11.0. The van der Waals surface area contributed by atoms with Crippen molar-refractivity contribution in [3.8, 4) is 0 Å². The van der Waals surface area contributed by atoms with E-state index in [1.54, 1.807) is 0 Å². The maximum Gasteiger partial charge on any atom is 0.293 e. The molecule has 0 amide bonds. The third-order valence-corrected chi connectivity index (χ3v) is 4.04. The largest absolute Gasteiger partial charge is 0.377 e. The number of anilines is 1. The van der Waals surface area contributed by atoms with Gasteiger partial charge in [0, 0.05) is 12.1 Å². The summed E-state index contributed by atoms with van der Waals surface area (Å²) in [6.07, 6.45) is 1.90. The van der Waals surface area contributed by atoms with Gasteiger partial charge < -0.3 is 10.2 Å². The van der Waals surface area contributed by atoms with Crippen LogP contribution in [0, 0.1) is 10.1 Å². The van der Waals surface area contributed by atoms with Crippen LogP contribution in [0.1, 0.15) is 12.8 Å². The standard InChI is InChI=1S/C12H15Cl2N3O2/c1-16-4-2-8(3-5-16)15-11-6-9(13)10(14)7-12(11)17(18)19/h6-8,15H,2-5H2,1H3. The first-order valence-electron chi connectivity index (χ1n) is 6.06. The molecule has 19 heavy (non-hydrogen) atoms. The number of rotatable bonds is 3. The molecule has 5 nitrogen and oxygen atoms in total. The number of halogens is 2. The number of hydrogen-bond donors (Lipinski definition) is 1. The minimum absolute atomic E-state index is 0.0340. The van der Waals surface area contributed by atoms with Crippen LogP contribution in [0.2, 0.25) is 10.0 Å². The van der Waals surface area contributed by atoms with Crippen LogP contribution in [0.5, 0.6) is 0 Å². The van der Waals surface area contributed by atoms with E-state index in [2.05, 4.69) is 17.3 Å². The summed E-state index contributed by atoms with van der Waals surface area (Å²) in [6.45, 7) is 1.96. The molecule has 0 aromatic heterocycles. The zero-order valence-corrected chi connectivity index (χ0v) is 12.0. The molecule has 0 spiro atoms. The lowest BCUT2D eigenvalue weighted by Gasteiger charge is -2.30. The first-order valence-corrected chi connectivity index (χ1v) is 6.81. The van der Waals surface area contributed by atoms with E-state index >= 15 is 0 Å². The normalized spacial score (nSPS) is 17.4. The van der Waals surface area contributed by atoms with Gasteiger partial charge in [-0.2, -0.15) is 0 Å². The molecule has 7 heteroatoms. The van der Waals surface area contributed by atoms with Crippen molar-refractivity contribution in [1.82, 2.24) is 4.90 Å². The van der Waals surface area contributed by atoms with Gasteiger partial charge in [-0.3, -0.25) is 10.1 Å². The van der Waals surface area contributed by atoms with E-state index in [1.807, 2.05) is 0 Å². The first-order chi connectivity index (χ1) is 8.97. The van der Waals surface area contributed by atoms with E-state index in [4.69, 9.17) is 23.2 Å². The van der Waals surface area contributed by atoms with Gasteiger partial charge in [0.15, 0.2) is 0 Å². The summed E-state index contributed by atoms with van der Waals surface area (Å²) in [4.78, 5) is 12.8. The van der Waals surface area contributed by atoms with Gasteiger partial charge in [0.1, 0.15) is 5.69 Å². The average molecular weight is 304 g/mol. The van der Waals surface area contributed by atoms with Gasteiger partial charge in [-0.25, -0.2) is 0 Å². The Labute approximate surface area is 121 Å². The van der Waals surface area contributed by atoms with Crippen LogP contribution in [0.4, 0.5) is 11.4 Å². The van der Waals surface area contributed by atoms with E-state index in [-0.39, 0.29) is 16.8 Å². The molecule has 1 fully saturated rings. The van der Waals surface area contributed by atoms with Gasteiger partial charge in [0.05, 0.1) is 15.0 Å². The van der Waals surface area contributed by atoms with Crippen LogP contribution in [0.25, 0.3) is 0 Å². The van der Waals surface area contributed by atoms with E-state index in [0.29, 0.717) is 10.7 Å². The molecule has 1 aromatic carbocycles. The molecule has 1 N–H and O–H groups in total. The number of benzene rings is 1. The van der Waals surface area contributed by atoms with Crippen molar-refractivity contribution < 1.29 is 4.92 Å². The van der Waals surface area contributed by atoms with Crippen molar-refractivity contribution in [1.29, 1.82) is 0 Å². The molecular formula is C12H15Cl2N3O2. The molecule has 104 valence electrons. The van der Waals surface area contributed by atoms with Crippen molar-refractivity contribution >= 4 is 34.6 Å². The van der Waals surface area contributed by atoms with Crippen molar-refractivity contribution in [2.45, 2.75) is 18.9 Å². The summed E-state index contributed by atoms with van der Waals surface area (Å²) in [6, 6.07) is 3.05. The number of nitrogens with zero attached hydrogens (tertiary/aromatic N) is 2. The fourth-order valence-electron chi connectivity index (χ4n) is 2.18. The Morgan fingerprint density at radius 2 is 1.89 bits per heavy atom. The Morgan fingerprint density at radius 1 is 1.32 bits per heavy atom. The first kappa shape index (κ1) is 14.4. The number of piperidine rings is 1. The van der Waals surface area contributed by atoms with E-state index in [1.165, 1.54) is 12.1 Å². The minimum Gasteiger partial charge on any atom is -0.377 e.